The summed E-state index contributed by atoms with van der Waals surface area (Å²) >= 11 is 3.54. The number of halogens is 1. The van der Waals surface area contributed by atoms with Gasteiger partial charge in [0.25, 0.3) is 0 Å². The third kappa shape index (κ3) is 2.18. The van der Waals surface area contributed by atoms with E-state index in [4.69, 9.17) is 14.6 Å². The maximum Gasteiger partial charge on any atom is 0.164 e. The molecule has 0 aliphatic carbocycles. The lowest BCUT2D eigenvalue weighted by atomic mass is 10.0. The molecule has 0 fully saturated rings. The van der Waals surface area contributed by atoms with Crippen LogP contribution >= 0.6 is 15.9 Å². The molecule has 1 heterocycles. The Morgan fingerprint density at radius 3 is 2.88 bits per heavy atom. The van der Waals surface area contributed by atoms with E-state index >= 15 is 0 Å². The molecule has 2 rings (SSSR count). The van der Waals surface area contributed by atoms with E-state index in [0.29, 0.717) is 13.2 Å². The number of benzene rings is 1. The average Bonchev–Trinajstić information content (AvgIpc) is 2.29. The number of rotatable bonds is 3. The highest BCUT2D eigenvalue weighted by Crippen LogP contribution is 2.39. The molecule has 0 spiro atoms. The van der Waals surface area contributed by atoms with Crippen molar-refractivity contribution in [3.63, 3.8) is 0 Å². The van der Waals surface area contributed by atoms with Crippen LogP contribution < -0.4 is 9.47 Å². The van der Waals surface area contributed by atoms with Crippen molar-refractivity contribution < 1.29 is 14.6 Å². The summed E-state index contributed by atoms with van der Waals surface area (Å²) in [7, 11) is 0. The van der Waals surface area contributed by atoms with Gasteiger partial charge in [-0.2, -0.15) is 0 Å². The predicted molar refractivity (Wildman–Crippen MR) is 65.3 cm³/mol. The molecule has 0 amide bonds. The summed E-state index contributed by atoms with van der Waals surface area (Å²) < 4.78 is 12.2. The highest BCUT2D eigenvalue weighted by atomic mass is 79.9. The topological polar surface area (TPSA) is 38.7 Å². The lowest BCUT2D eigenvalue weighted by Crippen LogP contribution is -2.17. The van der Waals surface area contributed by atoms with E-state index in [0.717, 1.165) is 34.4 Å². The van der Waals surface area contributed by atoms with Crippen molar-refractivity contribution in [3.8, 4) is 11.5 Å². The first-order valence-electron chi connectivity index (χ1n) is 5.42. The van der Waals surface area contributed by atoms with E-state index in [2.05, 4.69) is 15.9 Å². The van der Waals surface area contributed by atoms with Gasteiger partial charge in [0.05, 0.1) is 0 Å². The molecule has 0 saturated heterocycles. The van der Waals surface area contributed by atoms with Crippen molar-refractivity contribution in [2.75, 3.05) is 19.8 Å². The second-order valence-electron chi connectivity index (χ2n) is 3.81. The molecule has 1 aromatic carbocycles. The fraction of sp³-hybridized carbons (Fsp3) is 0.500. The Morgan fingerprint density at radius 1 is 1.38 bits per heavy atom. The number of aliphatic hydroxyl groups is 1. The van der Waals surface area contributed by atoms with Crippen LogP contribution in [0.5, 0.6) is 11.5 Å². The van der Waals surface area contributed by atoms with Gasteiger partial charge in [-0.3, -0.25) is 0 Å². The molecular formula is C12H15BrO3. The molecule has 1 aromatic rings. The highest BCUT2D eigenvalue weighted by molar-refractivity contribution is 9.10. The Balaban J connectivity index is 2.37. The summed E-state index contributed by atoms with van der Waals surface area (Å²) in [5.74, 6) is 1.66. The summed E-state index contributed by atoms with van der Waals surface area (Å²) in [4.78, 5) is 0. The minimum atomic E-state index is 0.209. The highest BCUT2D eigenvalue weighted by Gasteiger charge is 2.18. The zero-order valence-electron chi connectivity index (χ0n) is 9.25. The molecule has 0 radical (unpaired) electrons. The summed E-state index contributed by atoms with van der Waals surface area (Å²) in [6.45, 7) is 3.45. The molecule has 16 heavy (non-hydrogen) atoms. The van der Waals surface area contributed by atoms with Crippen LogP contribution in [0.2, 0.25) is 0 Å². The number of ether oxygens (including phenoxy) is 2. The molecule has 1 aliphatic heterocycles. The van der Waals surface area contributed by atoms with Gasteiger partial charge in [0, 0.05) is 11.1 Å². The van der Waals surface area contributed by atoms with Gasteiger partial charge < -0.3 is 14.6 Å². The van der Waals surface area contributed by atoms with Crippen molar-refractivity contribution in [3.05, 3.63) is 21.7 Å². The van der Waals surface area contributed by atoms with Crippen molar-refractivity contribution in [1.29, 1.82) is 0 Å². The van der Waals surface area contributed by atoms with Gasteiger partial charge in [-0.1, -0.05) is 15.9 Å². The third-order valence-electron chi connectivity index (χ3n) is 2.74. The average molecular weight is 287 g/mol. The third-order valence-corrected chi connectivity index (χ3v) is 3.44. The number of aliphatic hydroxyl groups excluding tert-OH is 1. The minimum Gasteiger partial charge on any atom is -0.486 e. The predicted octanol–water partition coefficient (Wildman–Crippen LogP) is 2.45. The van der Waals surface area contributed by atoms with Crippen LogP contribution in [0.3, 0.4) is 0 Å². The Labute approximate surface area is 104 Å². The molecule has 88 valence electrons. The van der Waals surface area contributed by atoms with Crippen LogP contribution in [-0.2, 0) is 6.42 Å². The molecular weight excluding hydrogens is 272 g/mol. The van der Waals surface area contributed by atoms with E-state index in [9.17, 15) is 0 Å². The molecule has 1 N–H and O–H groups in total. The molecule has 0 bridgehead atoms. The second-order valence-corrected chi connectivity index (χ2v) is 4.67. The fourth-order valence-corrected chi connectivity index (χ4v) is 2.62. The zero-order valence-corrected chi connectivity index (χ0v) is 10.8. The Morgan fingerprint density at radius 2 is 2.12 bits per heavy atom. The number of hydrogen-bond donors (Lipinski definition) is 1. The second kappa shape index (κ2) is 5.06. The Kier molecular flexibility index (Phi) is 3.71. The standard InChI is InChI=1S/C12H15BrO3/c1-8-9(3-2-4-14)10(13)7-11-12(8)16-6-5-15-11/h7,14H,2-6H2,1H3. The van der Waals surface area contributed by atoms with Gasteiger partial charge in [0.2, 0.25) is 0 Å². The Hall–Kier alpha value is -0.740. The van der Waals surface area contributed by atoms with Gasteiger partial charge in [-0.25, -0.2) is 0 Å². The molecule has 0 unspecified atom stereocenters. The minimum absolute atomic E-state index is 0.209. The van der Waals surface area contributed by atoms with Crippen LogP contribution in [0.25, 0.3) is 0 Å². The number of hydrogen-bond acceptors (Lipinski definition) is 3. The van der Waals surface area contributed by atoms with Crippen molar-refractivity contribution in [2.24, 2.45) is 0 Å². The Bertz CT molecular complexity index is 390. The first-order chi connectivity index (χ1) is 7.74. The number of fused-ring (bicyclic) bond motifs is 1. The van der Waals surface area contributed by atoms with E-state index in [1.807, 2.05) is 13.0 Å². The smallest absolute Gasteiger partial charge is 0.164 e. The van der Waals surface area contributed by atoms with Gasteiger partial charge in [0.1, 0.15) is 13.2 Å². The van der Waals surface area contributed by atoms with Gasteiger partial charge in [-0.05, 0) is 37.0 Å². The quantitative estimate of drug-likeness (QED) is 0.928. The van der Waals surface area contributed by atoms with Crippen LogP contribution in [0.4, 0.5) is 0 Å². The maximum absolute atomic E-state index is 8.88. The van der Waals surface area contributed by atoms with Crippen LogP contribution in [-0.4, -0.2) is 24.9 Å². The van der Waals surface area contributed by atoms with Crippen LogP contribution in [0.1, 0.15) is 17.5 Å². The van der Waals surface area contributed by atoms with Crippen molar-refractivity contribution in [1.82, 2.24) is 0 Å². The molecule has 0 saturated carbocycles. The lowest BCUT2D eigenvalue weighted by Gasteiger charge is -2.22. The summed E-state index contributed by atoms with van der Waals surface area (Å²) in [5, 5.41) is 8.88. The van der Waals surface area contributed by atoms with Gasteiger partial charge in [-0.15, -0.1) is 0 Å². The SMILES string of the molecule is Cc1c(CCCO)c(Br)cc2c1OCCO2. The van der Waals surface area contributed by atoms with Crippen molar-refractivity contribution >= 4 is 15.9 Å². The van der Waals surface area contributed by atoms with E-state index in [-0.39, 0.29) is 6.61 Å². The summed E-state index contributed by atoms with van der Waals surface area (Å²) in [6, 6.07) is 1.95. The first-order valence-corrected chi connectivity index (χ1v) is 6.21. The normalized spacial score (nSPS) is 13.9. The van der Waals surface area contributed by atoms with Crippen molar-refractivity contribution in [2.45, 2.75) is 19.8 Å². The molecule has 0 atom stereocenters. The van der Waals surface area contributed by atoms with Gasteiger partial charge >= 0.3 is 0 Å². The van der Waals surface area contributed by atoms with Crippen LogP contribution in [0, 0.1) is 6.92 Å². The fourth-order valence-electron chi connectivity index (χ4n) is 1.91. The molecule has 1 aliphatic rings. The largest absolute Gasteiger partial charge is 0.486 e. The maximum atomic E-state index is 8.88. The van der Waals surface area contributed by atoms with Gasteiger partial charge in [0.15, 0.2) is 11.5 Å². The monoisotopic (exact) mass is 286 g/mol. The summed E-state index contributed by atoms with van der Waals surface area (Å²) in [5.41, 5.74) is 2.30. The first kappa shape index (κ1) is 11.7. The van der Waals surface area contributed by atoms with Crippen LogP contribution in [0.15, 0.2) is 10.5 Å². The zero-order chi connectivity index (χ0) is 11.5. The summed E-state index contributed by atoms with van der Waals surface area (Å²) in [6.07, 6.45) is 1.61. The van der Waals surface area contributed by atoms with E-state index in [1.165, 1.54) is 5.56 Å². The lowest BCUT2D eigenvalue weighted by molar-refractivity contribution is 0.170. The molecule has 4 heteroatoms. The molecule has 0 aromatic heterocycles. The van der Waals surface area contributed by atoms with E-state index < -0.39 is 0 Å². The van der Waals surface area contributed by atoms with E-state index in [1.54, 1.807) is 0 Å². The molecule has 3 nitrogen and oxygen atoms in total.